The smallest absolute Gasteiger partial charge is 0.180 e. The second-order valence-electron chi connectivity index (χ2n) is 7.50. The molecule has 4 nitrogen and oxygen atoms in total. The maximum absolute atomic E-state index is 6.68. The highest BCUT2D eigenvalue weighted by molar-refractivity contribution is 6.30. The number of hydrogen-bond donors (Lipinski definition) is 1. The first-order chi connectivity index (χ1) is 13.2. The lowest BCUT2D eigenvalue weighted by atomic mass is 9.87. The monoisotopic (exact) mass is 382 g/mol. The van der Waals surface area contributed by atoms with E-state index in [4.69, 9.17) is 21.1 Å². The minimum atomic E-state index is -0.338. The SMILES string of the molecule is COc1cccc2c1OC1(CCCCC1)N1NC(c3ccc(Cl)cc3)=C[C@@H]21. The van der Waals surface area contributed by atoms with Crippen LogP contribution in [0.15, 0.2) is 48.5 Å². The van der Waals surface area contributed by atoms with E-state index in [1.165, 1.54) is 19.3 Å². The summed E-state index contributed by atoms with van der Waals surface area (Å²) in [5.41, 5.74) is 6.68. The average molecular weight is 383 g/mol. The maximum Gasteiger partial charge on any atom is 0.180 e. The molecule has 5 heteroatoms. The molecule has 0 saturated heterocycles. The highest BCUT2D eigenvalue weighted by Crippen LogP contribution is 2.52. The first kappa shape index (κ1) is 17.0. The van der Waals surface area contributed by atoms with Crippen molar-refractivity contribution in [2.24, 2.45) is 0 Å². The second kappa shape index (κ2) is 6.47. The van der Waals surface area contributed by atoms with E-state index in [0.29, 0.717) is 0 Å². The lowest BCUT2D eigenvalue weighted by Crippen LogP contribution is -2.60. The zero-order valence-electron chi connectivity index (χ0n) is 15.4. The number of hydrogen-bond acceptors (Lipinski definition) is 4. The van der Waals surface area contributed by atoms with E-state index in [0.717, 1.165) is 46.2 Å². The van der Waals surface area contributed by atoms with Crippen molar-refractivity contribution < 1.29 is 9.47 Å². The fourth-order valence-electron chi connectivity index (χ4n) is 4.57. The second-order valence-corrected chi connectivity index (χ2v) is 7.94. The summed E-state index contributed by atoms with van der Waals surface area (Å²) in [7, 11) is 1.71. The predicted molar refractivity (Wildman–Crippen MR) is 107 cm³/mol. The van der Waals surface area contributed by atoms with Gasteiger partial charge in [-0.05, 0) is 42.7 Å². The zero-order valence-corrected chi connectivity index (χ0v) is 16.1. The van der Waals surface area contributed by atoms with Crippen LogP contribution in [-0.2, 0) is 0 Å². The van der Waals surface area contributed by atoms with Crippen LogP contribution in [0.2, 0.25) is 5.02 Å². The van der Waals surface area contributed by atoms with Crippen molar-refractivity contribution in [3.63, 3.8) is 0 Å². The summed E-state index contributed by atoms with van der Waals surface area (Å²) in [5.74, 6) is 1.70. The van der Waals surface area contributed by atoms with E-state index >= 15 is 0 Å². The summed E-state index contributed by atoms with van der Waals surface area (Å²) in [6, 6.07) is 14.2. The highest BCUT2D eigenvalue weighted by Gasteiger charge is 2.51. The van der Waals surface area contributed by atoms with Crippen LogP contribution >= 0.6 is 11.6 Å². The molecule has 1 spiro atoms. The van der Waals surface area contributed by atoms with Gasteiger partial charge in [-0.15, -0.1) is 0 Å². The molecule has 2 heterocycles. The van der Waals surface area contributed by atoms with Gasteiger partial charge in [0.15, 0.2) is 17.2 Å². The van der Waals surface area contributed by atoms with E-state index in [-0.39, 0.29) is 11.8 Å². The van der Waals surface area contributed by atoms with Crippen LogP contribution in [0.25, 0.3) is 5.70 Å². The van der Waals surface area contributed by atoms with Gasteiger partial charge < -0.3 is 14.9 Å². The fourth-order valence-corrected chi connectivity index (χ4v) is 4.69. The predicted octanol–water partition coefficient (Wildman–Crippen LogP) is 5.30. The van der Waals surface area contributed by atoms with Gasteiger partial charge in [-0.3, -0.25) is 0 Å². The summed E-state index contributed by atoms with van der Waals surface area (Å²) >= 11 is 6.07. The fraction of sp³-hybridized carbons (Fsp3) is 0.364. The number of hydrazine groups is 1. The van der Waals surface area contributed by atoms with Crippen molar-refractivity contribution in [2.45, 2.75) is 43.9 Å². The van der Waals surface area contributed by atoms with Gasteiger partial charge in [0.25, 0.3) is 0 Å². The van der Waals surface area contributed by atoms with Crippen LogP contribution in [0.5, 0.6) is 11.5 Å². The van der Waals surface area contributed by atoms with Gasteiger partial charge in [0, 0.05) is 23.4 Å². The zero-order chi connectivity index (χ0) is 18.4. The molecule has 1 saturated carbocycles. The topological polar surface area (TPSA) is 33.7 Å². The molecule has 140 valence electrons. The molecule has 3 aliphatic rings. The summed E-state index contributed by atoms with van der Waals surface area (Å²) < 4.78 is 12.3. The molecular formula is C22H23ClN2O2. The van der Waals surface area contributed by atoms with E-state index in [1.54, 1.807) is 7.11 Å². The van der Waals surface area contributed by atoms with Crippen LogP contribution in [0.4, 0.5) is 0 Å². The maximum atomic E-state index is 6.68. The number of methoxy groups -OCH3 is 1. The highest BCUT2D eigenvalue weighted by atomic mass is 35.5. The number of nitrogens with one attached hydrogen (secondary N) is 1. The summed E-state index contributed by atoms with van der Waals surface area (Å²) in [4.78, 5) is 0. The van der Waals surface area contributed by atoms with Gasteiger partial charge in [-0.1, -0.05) is 42.3 Å². The summed E-state index contributed by atoms with van der Waals surface area (Å²) in [6.45, 7) is 0. The Morgan fingerprint density at radius 3 is 2.63 bits per heavy atom. The van der Waals surface area contributed by atoms with Crippen LogP contribution < -0.4 is 14.9 Å². The largest absolute Gasteiger partial charge is 0.493 e. The molecule has 2 aromatic carbocycles. The molecule has 0 unspecified atom stereocenters. The lowest BCUT2D eigenvalue weighted by Gasteiger charge is -2.50. The Morgan fingerprint density at radius 1 is 1.11 bits per heavy atom. The minimum absolute atomic E-state index is 0.118. The molecule has 0 radical (unpaired) electrons. The van der Waals surface area contributed by atoms with Crippen molar-refractivity contribution in [1.29, 1.82) is 0 Å². The van der Waals surface area contributed by atoms with E-state index in [2.05, 4.69) is 34.7 Å². The Bertz CT molecular complexity index is 888. The minimum Gasteiger partial charge on any atom is -0.493 e. The summed E-state index contributed by atoms with van der Waals surface area (Å²) in [6.07, 6.45) is 7.92. The molecule has 2 aromatic rings. The Hall–Kier alpha value is -2.17. The molecule has 0 aromatic heterocycles. The van der Waals surface area contributed by atoms with Crippen LogP contribution in [-0.4, -0.2) is 17.8 Å². The van der Waals surface area contributed by atoms with Crippen LogP contribution in [0.1, 0.15) is 49.3 Å². The van der Waals surface area contributed by atoms with Crippen molar-refractivity contribution in [2.75, 3.05) is 7.11 Å². The third-order valence-electron chi connectivity index (χ3n) is 5.91. The Kier molecular flexibility index (Phi) is 4.06. The van der Waals surface area contributed by atoms with Gasteiger partial charge in [0.05, 0.1) is 18.8 Å². The lowest BCUT2D eigenvalue weighted by molar-refractivity contribution is -0.151. The number of ether oxygens (including phenoxy) is 2. The Morgan fingerprint density at radius 2 is 1.89 bits per heavy atom. The van der Waals surface area contributed by atoms with Crippen molar-refractivity contribution in [1.82, 2.24) is 10.4 Å². The molecule has 1 atom stereocenters. The van der Waals surface area contributed by atoms with Gasteiger partial charge in [0.2, 0.25) is 0 Å². The number of rotatable bonds is 2. The molecule has 1 fully saturated rings. The van der Waals surface area contributed by atoms with Crippen molar-refractivity contribution >= 4 is 17.3 Å². The van der Waals surface area contributed by atoms with Gasteiger partial charge >= 0.3 is 0 Å². The van der Waals surface area contributed by atoms with Crippen LogP contribution in [0, 0.1) is 0 Å². The molecule has 27 heavy (non-hydrogen) atoms. The first-order valence-electron chi connectivity index (χ1n) is 9.60. The number of para-hydroxylation sites is 1. The normalized spacial score (nSPS) is 23.0. The van der Waals surface area contributed by atoms with Crippen molar-refractivity contribution in [3.8, 4) is 11.5 Å². The summed E-state index contributed by atoms with van der Waals surface area (Å²) in [5, 5.41) is 3.06. The molecule has 5 rings (SSSR count). The van der Waals surface area contributed by atoms with E-state index < -0.39 is 0 Å². The first-order valence-corrected chi connectivity index (χ1v) is 9.98. The van der Waals surface area contributed by atoms with Gasteiger partial charge in [0.1, 0.15) is 0 Å². The van der Waals surface area contributed by atoms with Gasteiger partial charge in [-0.25, -0.2) is 0 Å². The average Bonchev–Trinajstić information content (AvgIpc) is 3.16. The third kappa shape index (κ3) is 2.70. The molecule has 0 amide bonds. The number of nitrogens with zero attached hydrogens (tertiary/aromatic N) is 1. The van der Waals surface area contributed by atoms with E-state index in [1.807, 2.05) is 24.3 Å². The number of halogens is 1. The standard InChI is InChI=1S/C22H23ClN2O2/c1-26-20-7-5-6-17-19-14-18(15-8-10-16(23)11-9-15)24-25(19)22(27-21(17)20)12-3-2-4-13-22/h5-11,14,19,24H,2-4,12-13H2,1H3/t19-/m0/s1. The van der Waals surface area contributed by atoms with Crippen LogP contribution in [0.3, 0.4) is 0 Å². The molecule has 1 aliphatic carbocycles. The molecular weight excluding hydrogens is 360 g/mol. The quantitative estimate of drug-likeness (QED) is 0.763. The number of fused-ring (bicyclic) bond motifs is 4. The van der Waals surface area contributed by atoms with Gasteiger partial charge in [-0.2, -0.15) is 5.01 Å². The Labute approximate surface area is 164 Å². The molecule has 0 bridgehead atoms. The van der Waals surface area contributed by atoms with Crippen molar-refractivity contribution in [3.05, 3.63) is 64.7 Å². The van der Waals surface area contributed by atoms with E-state index in [9.17, 15) is 0 Å². The Balaban J connectivity index is 1.61. The number of benzene rings is 2. The molecule has 2 aliphatic heterocycles. The third-order valence-corrected chi connectivity index (χ3v) is 6.16. The molecule has 1 N–H and O–H groups in total.